The molecule has 1 aromatic heterocycles. The third-order valence-electron chi connectivity index (χ3n) is 6.41. The largest absolute Gasteiger partial charge is 0.481 e. The van der Waals surface area contributed by atoms with Gasteiger partial charge in [-0.15, -0.1) is 0 Å². The Morgan fingerprint density at radius 1 is 1.09 bits per heavy atom. The van der Waals surface area contributed by atoms with E-state index in [-0.39, 0.29) is 11.5 Å². The van der Waals surface area contributed by atoms with E-state index in [9.17, 15) is 19.5 Å². The lowest BCUT2D eigenvalue weighted by Crippen LogP contribution is -2.43. The van der Waals surface area contributed by atoms with Crippen LogP contribution in [0.15, 0.2) is 71.7 Å². The number of amides is 1. The summed E-state index contributed by atoms with van der Waals surface area (Å²) in [6.45, 7) is 2.22. The van der Waals surface area contributed by atoms with E-state index >= 15 is 0 Å². The van der Waals surface area contributed by atoms with Crippen molar-refractivity contribution in [2.75, 3.05) is 6.54 Å². The number of pyridine rings is 1. The fraction of sp³-hybridized carbons (Fsp3) is 0.259. The minimum atomic E-state index is -0.921. The topological polar surface area (TPSA) is 114 Å². The Balaban J connectivity index is 1.54. The summed E-state index contributed by atoms with van der Waals surface area (Å²) in [5.41, 5.74) is 4.08. The number of aliphatic carboxylic acids is 1. The van der Waals surface area contributed by atoms with Crippen molar-refractivity contribution in [1.82, 2.24) is 9.88 Å². The average Bonchev–Trinajstić information content (AvgIpc) is 3.32. The maximum atomic E-state index is 13.3. The molecule has 1 saturated heterocycles. The van der Waals surface area contributed by atoms with Gasteiger partial charge in [0.15, 0.2) is 0 Å². The summed E-state index contributed by atoms with van der Waals surface area (Å²) >= 11 is 0. The molecule has 1 amide bonds. The number of aromatic nitrogens is 1. The average molecular weight is 458 g/mol. The van der Waals surface area contributed by atoms with Gasteiger partial charge in [-0.1, -0.05) is 30.3 Å². The zero-order valence-electron chi connectivity index (χ0n) is 19.0. The number of carboxylic acids is 1. The van der Waals surface area contributed by atoms with E-state index in [1.165, 1.54) is 6.07 Å². The molecular formula is C27H27N3O4. The van der Waals surface area contributed by atoms with Gasteiger partial charge < -0.3 is 20.4 Å². The normalized spacial score (nSPS) is 16.3. The molecule has 0 radical (unpaired) electrons. The summed E-state index contributed by atoms with van der Waals surface area (Å²) in [5, 5.41) is 17.9. The van der Waals surface area contributed by atoms with Gasteiger partial charge in [-0.3, -0.25) is 14.4 Å². The molecule has 2 heterocycles. The van der Waals surface area contributed by atoms with Crippen LogP contribution in [0.4, 0.5) is 0 Å². The van der Waals surface area contributed by atoms with Crippen LogP contribution in [0.25, 0.3) is 11.1 Å². The lowest BCUT2D eigenvalue weighted by Gasteiger charge is -2.30. The van der Waals surface area contributed by atoms with E-state index in [1.807, 2.05) is 36.4 Å². The Kier molecular flexibility index (Phi) is 6.72. The molecule has 3 aromatic rings. The lowest BCUT2D eigenvalue weighted by molar-refractivity contribution is -0.143. The van der Waals surface area contributed by atoms with Crippen LogP contribution in [0.1, 0.15) is 41.3 Å². The van der Waals surface area contributed by atoms with Gasteiger partial charge in [-0.25, -0.2) is 0 Å². The third-order valence-corrected chi connectivity index (χ3v) is 6.41. The smallest absolute Gasteiger partial charge is 0.308 e. The molecule has 1 aliphatic heterocycles. The van der Waals surface area contributed by atoms with Crippen molar-refractivity contribution in [2.45, 2.75) is 32.2 Å². The molecule has 2 aromatic carbocycles. The zero-order valence-corrected chi connectivity index (χ0v) is 19.0. The Morgan fingerprint density at radius 2 is 1.82 bits per heavy atom. The maximum absolute atomic E-state index is 13.3. The molecule has 174 valence electrons. The predicted molar refractivity (Wildman–Crippen MR) is 130 cm³/mol. The number of likely N-dealkylation sites (tertiary alicyclic amines) is 1. The van der Waals surface area contributed by atoms with Gasteiger partial charge in [-0.05, 0) is 72.7 Å². The first kappa shape index (κ1) is 23.2. The van der Waals surface area contributed by atoms with Gasteiger partial charge in [0.25, 0.3) is 5.91 Å². The minimum Gasteiger partial charge on any atom is -0.481 e. The van der Waals surface area contributed by atoms with Gasteiger partial charge in [-0.2, -0.15) is 0 Å². The van der Waals surface area contributed by atoms with Crippen molar-refractivity contribution in [3.8, 4) is 11.1 Å². The summed E-state index contributed by atoms with van der Waals surface area (Å²) in [4.78, 5) is 41.2. The van der Waals surface area contributed by atoms with E-state index in [2.05, 4.69) is 4.98 Å². The molecule has 7 heteroatoms. The van der Waals surface area contributed by atoms with Crippen LogP contribution in [-0.2, 0) is 11.2 Å². The molecule has 0 aliphatic carbocycles. The van der Waals surface area contributed by atoms with Gasteiger partial charge in [0.2, 0.25) is 5.56 Å². The van der Waals surface area contributed by atoms with Crippen molar-refractivity contribution in [3.63, 3.8) is 0 Å². The van der Waals surface area contributed by atoms with Crippen LogP contribution in [0.2, 0.25) is 0 Å². The van der Waals surface area contributed by atoms with E-state index < -0.39 is 17.9 Å². The number of carbonyl (C=O) groups excluding carboxylic acids is 1. The highest BCUT2D eigenvalue weighted by molar-refractivity contribution is 5.96. The van der Waals surface area contributed by atoms with Crippen LogP contribution < -0.4 is 5.56 Å². The summed E-state index contributed by atoms with van der Waals surface area (Å²) in [7, 11) is 0. The van der Waals surface area contributed by atoms with Gasteiger partial charge >= 0.3 is 5.97 Å². The molecule has 1 fully saturated rings. The van der Waals surface area contributed by atoms with E-state index in [0.29, 0.717) is 30.7 Å². The number of aromatic amines is 1. The molecule has 1 aliphatic rings. The van der Waals surface area contributed by atoms with Crippen molar-refractivity contribution in [2.24, 2.45) is 5.92 Å². The van der Waals surface area contributed by atoms with Gasteiger partial charge in [0.1, 0.15) is 0 Å². The SMILES string of the molecule is CC(=N)c1cccc(CC(C(=O)O)[C@H]2CCCN2C(=O)c2ccc(-c3ccc(=O)[nH]c3)cc2)c1. The molecule has 34 heavy (non-hydrogen) atoms. The fourth-order valence-electron chi connectivity index (χ4n) is 4.60. The van der Waals surface area contributed by atoms with Crippen LogP contribution >= 0.6 is 0 Å². The number of benzene rings is 2. The minimum absolute atomic E-state index is 0.175. The fourth-order valence-corrected chi connectivity index (χ4v) is 4.60. The zero-order chi connectivity index (χ0) is 24.2. The lowest BCUT2D eigenvalue weighted by atomic mass is 9.89. The van der Waals surface area contributed by atoms with Crippen LogP contribution in [0.5, 0.6) is 0 Å². The summed E-state index contributed by atoms with van der Waals surface area (Å²) < 4.78 is 0. The Morgan fingerprint density at radius 3 is 2.47 bits per heavy atom. The summed E-state index contributed by atoms with van der Waals surface area (Å²) in [6, 6.07) is 17.3. The number of carbonyl (C=O) groups is 2. The highest BCUT2D eigenvalue weighted by atomic mass is 16.4. The predicted octanol–water partition coefficient (Wildman–Crippen LogP) is 3.98. The molecule has 2 atom stereocenters. The standard InChI is InChI=1S/C27H27N3O4/c1-17(28)21-5-2-4-18(14-21)15-23(27(33)34)24-6-3-13-30(24)26(32)20-9-7-19(8-10-20)22-11-12-25(31)29-16-22/h2,4-5,7-12,14,16,23-24,28H,3,6,13,15H2,1H3,(H,29,31)(H,33,34)/t23?,24-/m1/s1. The Hall–Kier alpha value is -4.00. The summed E-state index contributed by atoms with van der Waals surface area (Å²) in [6.07, 6.45) is 3.33. The highest BCUT2D eigenvalue weighted by Gasteiger charge is 2.38. The number of nitrogens with one attached hydrogen (secondary N) is 2. The third kappa shape index (κ3) is 4.98. The maximum Gasteiger partial charge on any atom is 0.308 e. The van der Waals surface area contributed by atoms with E-state index in [4.69, 9.17) is 5.41 Å². The molecule has 0 bridgehead atoms. The molecule has 7 nitrogen and oxygen atoms in total. The second-order valence-corrected chi connectivity index (χ2v) is 8.70. The first-order valence-electron chi connectivity index (χ1n) is 11.3. The second kappa shape index (κ2) is 9.87. The molecule has 3 N–H and O–H groups in total. The van der Waals surface area contributed by atoms with E-state index in [0.717, 1.165) is 28.7 Å². The van der Waals surface area contributed by atoms with Gasteiger partial charge in [0.05, 0.1) is 5.92 Å². The van der Waals surface area contributed by atoms with Crippen molar-refractivity contribution < 1.29 is 14.7 Å². The molecule has 0 saturated carbocycles. The first-order chi connectivity index (χ1) is 16.3. The first-order valence-corrected chi connectivity index (χ1v) is 11.3. The monoisotopic (exact) mass is 457 g/mol. The number of rotatable bonds is 7. The summed E-state index contributed by atoms with van der Waals surface area (Å²) in [5.74, 6) is -1.82. The van der Waals surface area contributed by atoms with Crippen LogP contribution in [0.3, 0.4) is 0 Å². The molecule has 1 unspecified atom stereocenters. The number of hydrogen-bond acceptors (Lipinski definition) is 4. The molecular weight excluding hydrogens is 430 g/mol. The number of nitrogens with zero attached hydrogens (tertiary/aromatic N) is 1. The van der Waals surface area contributed by atoms with Crippen molar-refractivity contribution in [1.29, 1.82) is 5.41 Å². The van der Waals surface area contributed by atoms with Crippen LogP contribution in [0, 0.1) is 11.3 Å². The quantitative estimate of drug-likeness (QED) is 0.466. The molecule has 4 rings (SSSR count). The number of hydrogen-bond donors (Lipinski definition) is 3. The Bertz CT molecular complexity index is 1260. The number of carboxylic acid groups (broad SMARTS) is 1. The van der Waals surface area contributed by atoms with E-state index in [1.54, 1.807) is 36.2 Å². The highest BCUT2D eigenvalue weighted by Crippen LogP contribution is 2.29. The van der Waals surface area contributed by atoms with Gasteiger partial charge in [0, 0.05) is 36.1 Å². The number of H-pyrrole nitrogens is 1. The van der Waals surface area contributed by atoms with Crippen LogP contribution in [-0.4, -0.2) is 45.2 Å². The van der Waals surface area contributed by atoms with Crippen molar-refractivity contribution in [3.05, 3.63) is 93.9 Å². The van der Waals surface area contributed by atoms with Crippen molar-refractivity contribution >= 4 is 17.6 Å². The Labute approximate surface area is 197 Å². The molecule has 0 spiro atoms. The second-order valence-electron chi connectivity index (χ2n) is 8.70.